The molecule has 2 rings (SSSR count). The molecule has 1 aromatic carbocycles. The van der Waals surface area contributed by atoms with E-state index in [1.165, 1.54) is 11.3 Å². The van der Waals surface area contributed by atoms with Crippen molar-refractivity contribution >= 4 is 17.3 Å². The van der Waals surface area contributed by atoms with Gasteiger partial charge in [-0.05, 0) is 29.1 Å². The molecule has 1 N–H and O–H groups in total. The summed E-state index contributed by atoms with van der Waals surface area (Å²) in [6.45, 7) is 0.225. The van der Waals surface area contributed by atoms with Crippen LogP contribution in [0.2, 0.25) is 0 Å². The molecule has 0 aliphatic carbocycles. The standard InChI is InChI=1S/C14H11NO3S/c15-7-5-10-1-3-12(4-2-10)18-9-11-6-8-19-13(11)14(16)17/h1-4,6,8H,5,9H2,(H,16,17). The van der Waals surface area contributed by atoms with Gasteiger partial charge in [-0.15, -0.1) is 11.3 Å². The van der Waals surface area contributed by atoms with Crippen molar-refractivity contribution < 1.29 is 14.6 Å². The van der Waals surface area contributed by atoms with Crippen LogP contribution in [-0.2, 0) is 13.0 Å². The number of thiophene rings is 1. The molecule has 1 heterocycles. The first-order chi connectivity index (χ1) is 9.20. The van der Waals surface area contributed by atoms with Crippen LogP contribution in [0.25, 0.3) is 0 Å². The third kappa shape index (κ3) is 3.33. The van der Waals surface area contributed by atoms with Crippen molar-refractivity contribution in [3.63, 3.8) is 0 Å². The minimum Gasteiger partial charge on any atom is -0.489 e. The van der Waals surface area contributed by atoms with Crippen LogP contribution >= 0.6 is 11.3 Å². The fourth-order valence-electron chi connectivity index (χ4n) is 1.59. The van der Waals surface area contributed by atoms with Gasteiger partial charge in [-0.2, -0.15) is 5.26 Å². The van der Waals surface area contributed by atoms with Gasteiger partial charge in [0.1, 0.15) is 17.2 Å². The molecule has 0 atom stereocenters. The maximum absolute atomic E-state index is 10.9. The second kappa shape index (κ2) is 6.03. The molecule has 0 amide bonds. The van der Waals surface area contributed by atoms with E-state index in [9.17, 15) is 4.79 Å². The second-order valence-electron chi connectivity index (χ2n) is 3.85. The predicted octanol–water partition coefficient (Wildman–Crippen LogP) is 3.09. The van der Waals surface area contributed by atoms with Crippen LogP contribution in [0.3, 0.4) is 0 Å². The molecule has 0 aliphatic heterocycles. The van der Waals surface area contributed by atoms with Crippen molar-refractivity contribution in [2.75, 3.05) is 0 Å². The number of carboxylic acid groups (broad SMARTS) is 1. The summed E-state index contributed by atoms with van der Waals surface area (Å²) >= 11 is 1.19. The zero-order chi connectivity index (χ0) is 13.7. The van der Waals surface area contributed by atoms with Crippen LogP contribution < -0.4 is 4.74 Å². The van der Waals surface area contributed by atoms with Crippen LogP contribution in [0.15, 0.2) is 35.7 Å². The summed E-state index contributed by atoms with van der Waals surface area (Å²) in [6.07, 6.45) is 0.369. The van der Waals surface area contributed by atoms with E-state index in [2.05, 4.69) is 6.07 Å². The monoisotopic (exact) mass is 273 g/mol. The Kier molecular flexibility index (Phi) is 4.16. The molecule has 0 bridgehead atoms. The summed E-state index contributed by atoms with van der Waals surface area (Å²) in [5.41, 5.74) is 1.59. The molecule has 2 aromatic rings. The van der Waals surface area contributed by atoms with Crippen molar-refractivity contribution in [2.45, 2.75) is 13.0 Å². The zero-order valence-electron chi connectivity index (χ0n) is 10.00. The number of nitriles is 1. The Morgan fingerprint density at radius 2 is 2.05 bits per heavy atom. The summed E-state index contributed by atoms with van der Waals surface area (Å²) in [5.74, 6) is -0.276. The number of carboxylic acids is 1. The molecule has 1 aromatic heterocycles. The highest BCUT2D eigenvalue weighted by molar-refractivity contribution is 7.12. The molecule has 0 fully saturated rings. The average Bonchev–Trinajstić information content (AvgIpc) is 2.87. The number of nitrogens with zero attached hydrogens (tertiary/aromatic N) is 1. The maximum Gasteiger partial charge on any atom is 0.346 e. The number of ether oxygens (including phenoxy) is 1. The first-order valence-electron chi connectivity index (χ1n) is 5.59. The largest absolute Gasteiger partial charge is 0.489 e. The highest BCUT2D eigenvalue weighted by atomic mass is 32.1. The third-order valence-corrected chi connectivity index (χ3v) is 3.49. The molecule has 0 radical (unpaired) electrons. The van der Waals surface area contributed by atoms with Crippen LogP contribution in [-0.4, -0.2) is 11.1 Å². The van der Waals surface area contributed by atoms with Crippen molar-refractivity contribution in [1.82, 2.24) is 0 Å². The van der Waals surface area contributed by atoms with Crippen LogP contribution in [0.1, 0.15) is 20.8 Å². The van der Waals surface area contributed by atoms with Gasteiger partial charge in [0, 0.05) is 5.56 Å². The van der Waals surface area contributed by atoms with E-state index in [0.717, 1.165) is 5.56 Å². The maximum atomic E-state index is 10.9. The predicted molar refractivity (Wildman–Crippen MR) is 71.4 cm³/mol. The normalized spacial score (nSPS) is 9.84. The Morgan fingerprint density at radius 3 is 2.68 bits per heavy atom. The highest BCUT2D eigenvalue weighted by Gasteiger charge is 2.11. The van der Waals surface area contributed by atoms with E-state index in [-0.39, 0.29) is 6.61 Å². The van der Waals surface area contributed by atoms with E-state index in [0.29, 0.717) is 22.6 Å². The molecular formula is C14H11NO3S. The van der Waals surface area contributed by atoms with Gasteiger partial charge in [0.15, 0.2) is 0 Å². The summed E-state index contributed by atoms with van der Waals surface area (Å²) in [5, 5.41) is 19.3. The van der Waals surface area contributed by atoms with Gasteiger partial charge >= 0.3 is 5.97 Å². The van der Waals surface area contributed by atoms with Crippen molar-refractivity contribution in [2.24, 2.45) is 0 Å². The molecule has 96 valence electrons. The summed E-state index contributed by atoms with van der Waals surface area (Å²) in [7, 11) is 0. The lowest BCUT2D eigenvalue weighted by atomic mass is 10.2. The van der Waals surface area contributed by atoms with E-state index in [1.807, 2.05) is 12.1 Å². The number of aromatic carboxylic acids is 1. The van der Waals surface area contributed by atoms with Crippen molar-refractivity contribution in [1.29, 1.82) is 5.26 Å². The van der Waals surface area contributed by atoms with E-state index in [4.69, 9.17) is 15.1 Å². The fourth-order valence-corrected chi connectivity index (χ4v) is 2.34. The second-order valence-corrected chi connectivity index (χ2v) is 4.76. The molecule has 4 nitrogen and oxygen atoms in total. The molecule has 19 heavy (non-hydrogen) atoms. The van der Waals surface area contributed by atoms with E-state index >= 15 is 0 Å². The smallest absolute Gasteiger partial charge is 0.346 e. The number of rotatable bonds is 5. The van der Waals surface area contributed by atoms with Gasteiger partial charge in [-0.25, -0.2) is 4.79 Å². The minimum absolute atomic E-state index is 0.225. The van der Waals surface area contributed by atoms with Crippen LogP contribution in [0.5, 0.6) is 5.75 Å². The Balaban J connectivity index is 2.00. The Bertz CT molecular complexity index is 610. The van der Waals surface area contributed by atoms with Crippen LogP contribution in [0.4, 0.5) is 0 Å². The third-order valence-electron chi connectivity index (χ3n) is 2.54. The van der Waals surface area contributed by atoms with Gasteiger partial charge in [0.25, 0.3) is 0 Å². The quantitative estimate of drug-likeness (QED) is 0.908. The van der Waals surface area contributed by atoms with Gasteiger partial charge in [-0.3, -0.25) is 0 Å². The summed E-state index contributed by atoms with van der Waals surface area (Å²) in [6, 6.07) is 11.0. The number of hydrogen-bond acceptors (Lipinski definition) is 4. The first kappa shape index (κ1) is 13.1. The molecule has 5 heteroatoms. The highest BCUT2D eigenvalue weighted by Crippen LogP contribution is 2.20. The SMILES string of the molecule is N#CCc1ccc(OCc2ccsc2C(=O)O)cc1. The lowest BCUT2D eigenvalue weighted by Crippen LogP contribution is -2.01. The minimum atomic E-state index is -0.932. The molecule has 0 spiro atoms. The summed E-state index contributed by atoms with van der Waals surface area (Å²) in [4.78, 5) is 11.2. The van der Waals surface area contributed by atoms with Crippen molar-refractivity contribution in [3.05, 3.63) is 51.7 Å². The van der Waals surface area contributed by atoms with Gasteiger partial charge in [-0.1, -0.05) is 12.1 Å². The molecular weight excluding hydrogens is 262 g/mol. The van der Waals surface area contributed by atoms with E-state index in [1.54, 1.807) is 23.6 Å². The topological polar surface area (TPSA) is 70.3 Å². The summed E-state index contributed by atoms with van der Waals surface area (Å²) < 4.78 is 5.53. The van der Waals surface area contributed by atoms with Crippen LogP contribution in [0, 0.1) is 11.3 Å². The Morgan fingerprint density at radius 1 is 1.32 bits per heavy atom. The molecule has 0 unspecified atom stereocenters. The van der Waals surface area contributed by atoms with Gasteiger partial charge < -0.3 is 9.84 Å². The number of carbonyl (C=O) groups is 1. The van der Waals surface area contributed by atoms with Gasteiger partial charge in [0.2, 0.25) is 0 Å². The molecule has 0 aliphatic rings. The molecule has 0 saturated carbocycles. The van der Waals surface area contributed by atoms with Gasteiger partial charge in [0.05, 0.1) is 12.5 Å². The fraction of sp³-hybridized carbons (Fsp3) is 0.143. The Hall–Kier alpha value is -2.32. The molecule has 0 saturated heterocycles. The zero-order valence-corrected chi connectivity index (χ0v) is 10.8. The lowest BCUT2D eigenvalue weighted by Gasteiger charge is -2.06. The van der Waals surface area contributed by atoms with Crippen molar-refractivity contribution in [3.8, 4) is 11.8 Å². The number of benzene rings is 1. The first-order valence-corrected chi connectivity index (χ1v) is 6.47. The Labute approximate surface area is 114 Å². The number of hydrogen-bond donors (Lipinski definition) is 1. The van der Waals surface area contributed by atoms with E-state index < -0.39 is 5.97 Å². The lowest BCUT2D eigenvalue weighted by molar-refractivity contribution is 0.0699. The average molecular weight is 273 g/mol.